The summed E-state index contributed by atoms with van der Waals surface area (Å²) in [5.74, 6) is 1.18. The first-order valence-corrected chi connectivity index (χ1v) is 14.4. The van der Waals surface area contributed by atoms with E-state index in [1.54, 1.807) is 14.2 Å². The molecule has 7 nitrogen and oxygen atoms in total. The lowest BCUT2D eigenvalue weighted by atomic mass is 9.98. The van der Waals surface area contributed by atoms with Crippen LogP contribution >= 0.6 is 11.3 Å². The number of ether oxygens (including phenoxy) is 2. The molecule has 0 aliphatic carbocycles. The lowest BCUT2D eigenvalue weighted by Crippen LogP contribution is -2.48. The van der Waals surface area contributed by atoms with Crippen molar-refractivity contribution in [2.45, 2.75) is 6.54 Å². The van der Waals surface area contributed by atoms with Crippen LogP contribution in [-0.4, -0.2) is 61.1 Å². The van der Waals surface area contributed by atoms with Crippen molar-refractivity contribution in [2.75, 3.05) is 46.1 Å². The molecule has 0 bridgehead atoms. The summed E-state index contributed by atoms with van der Waals surface area (Å²) in [6.07, 6.45) is 0. The van der Waals surface area contributed by atoms with Gasteiger partial charge in [0.2, 0.25) is 0 Å². The van der Waals surface area contributed by atoms with Gasteiger partial charge in [0.15, 0.2) is 11.5 Å². The zero-order valence-corrected chi connectivity index (χ0v) is 24.0. The van der Waals surface area contributed by atoms with Crippen molar-refractivity contribution in [3.05, 3.63) is 95.4 Å². The number of carbonyl (C=O) groups is 1. The van der Waals surface area contributed by atoms with E-state index in [1.165, 1.54) is 16.9 Å². The summed E-state index contributed by atoms with van der Waals surface area (Å²) in [4.78, 5) is 24.4. The minimum absolute atomic E-state index is 0.0466. The molecule has 0 radical (unpaired) electrons. The zero-order valence-electron chi connectivity index (χ0n) is 23.2. The predicted molar refractivity (Wildman–Crippen MR) is 166 cm³/mol. The van der Waals surface area contributed by atoms with Crippen molar-refractivity contribution in [3.8, 4) is 33.9 Å². The number of hydrogen-bond donors (Lipinski definition) is 1. The van der Waals surface area contributed by atoms with Crippen molar-refractivity contribution < 1.29 is 14.3 Å². The number of thiophene rings is 1. The molecule has 1 amide bonds. The molecule has 6 rings (SSSR count). The molecular formula is C33H32N4O3S. The van der Waals surface area contributed by atoms with Crippen LogP contribution in [0.1, 0.15) is 15.2 Å². The number of nitrogen functional groups attached to an aromatic ring is 1. The minimum Gasteiger partial charge on any atom is -0.493 e. The van der Waals surface area contributed by atoms with Gasteiger partial charge in [-0.2, -0.15) is 0 Å². The van der Waals surface area contributed by atoms with Crippen molar-refractivity contribution in [1.29, 1.82) is 0 Å². The van der Waals surface area contributed by atoms with Crippen molar-refractivity contribution in [1.82, 2.24) is 14.8 Å². The fourth-order valence-corrected chi connectivity index (χ4v) is 6.53. The van der Waals surface area contributed by atoms with Gasteiger partial charge in [0.25, 0.3) is 5.91 Å². The molecule has 2 N–H and O–H groups in total. The number of pyridine rings is 1. The fraction of sp³-hybridized carbons (Fsp3) is 0.212. The average Bonchev–Trinajstić information content (AvgIpc) is 3.37. The molecule has 5 aromatic rings. The molecule has 1 aliphatic rings. The highest BCUT2D eigenvalue weighted by Gasteiger charge is 2.28. The Labute approximate surface area is 243 Å². The lowest BCUT2D eigenvalue weighted by molar-refractivity contribution is 0.0634. The van der Waals surface area contributed by atoms with E-state index in [0.717, 1.165) is 52.2 Å². The number of methoxy groups -OCH3 is 2. The number of amides is 1. The summed E-state index contributed by atoms with van der Waals surface area (Å²) in [6, 6.07) is 28.2. The maximum Gasteiger partial charge on any atom is 0.266 e. The van der Waals surface area contributed by atoms with Crippen LogP contribution in [0.2, 0.25) is 0 Å². The van der Waals surface area contributed by atoms with E-state index < -0.39 is 0 Å². The summed E-state index contributed by atoms with van der Waals surface area (Å²) < 4.78 is 11.4. The number of nitrogens with two attached hydrogens (primary N) is 1. The van der Waals surface area contributed by atoms with Crippen LogP contribution in [0, 0.1) is 0 Å². The second-order valence-electron chi connectivity index (χ2n) is 10.0. The van der Waals surface area contributed by atoms with Crippen molar-refractivity contribution in [2.24, 2.45) is 0 Å². The van der Waals surface area contributed by atoms with Gasteiger partial charge in [-0.15, -0.1) is 11.3 Å². The minimum atomic E-state index is -0.0466. The van der Waals surface area contributed by atoms with Gasteiger partial charge < -0.3 is 20.1 Å². The van der Waals surface area contributed by atoms with E-state index in [0.29, 0.717) is 35.2 Å². The van der Waals surface area contributed by atoms with Gasteiger partial charge in [0.1, 0.15) is 9.71 Å². The molecule has 1 fully saturated rings. The number of piperazine rings is 1. The molecule has 0 spiro atoms. The van der Waals surface area contributed by atoms with E-state index in [1.807, 2.05) is 65.6 Å². The molecule has 1 saturated heterocycles. The Bertz CT molecular complexity index is 1680. The van der Waals surface area contributed by atoms with E-state index >= 15 is 0 Å². The predicted octanol–water partition coefficient (Wildman–Crippen LogP) is 6.19. The van der Waals surface area contributed by atoms with Crippen LogP contribution in [0.3, 0.4) is 0 Å². The first-order valence-electron chi connectivity index (χ1n) is 13.6. The van der Waals surface area contributed by atoms with Crippen LogP contribution in [0.4, 0.5) is 5.69 Å². The topological polar surface area (TPSA) is 80.9 Å². The van der Waals surface area contributed by atoms with Crippen LogP contribution in [0.15, 0.2) is 84.9 Å². The number of fused-ring (bicyclic) bond motifs is 1. The SMILES string of the molecule is COc1cccc(-c2cc(-c3ccccc3)nc3sc(C(=O)N4CCN(Cc5ccccc5)CC4)c(N)c23)c1OC. The second kappa shape index (κ2) is 11.6. The highest BCUT2D eigenvalue weighted by atomic mass is 32.1. The first kappa shape index (κ1) is 26.8. The molecular weight excluding hydrogens is 532 g/mol. The van der Waals surface area contributed by atoms with Gasteiger partial charge in [-0.1, -0.05) is 72.8 Å². The van der Waals surface area contributed by atoms with E-state index in [-0.39, 0.29) is 5.91 Å². The number of hydrogen-bond acceptors (Lipinski definition) is 7. The molecule has 0 unspecified atom stereocenters. The van der Waals surface area contributed by atoms with Crippen LogP contribution in [0.5, 0.6) is 11.5 Å². The lowest BCUT2D eigenvalue weighted by Gasteiger charge is -2.34. The first-order chi connectivity index (χ1) is 20.1. The second-order valence-corrected chi connectivity index (χ2v) is 11.0. The van der Waals surface area contributed by atoms with Gasteiger partial charge in [-0.25, -0.2) is 4.98 Å². The standard InChI is InChI=1S/C33H32N4O3S/c1-39-27-15-9-14-24(30(27)40-2)25-20-26(23-12-7-4-8-13-23)35-32-28(25)29(34)31(41-32)33(38)37-18-16-36(17-19-37)21-22-10-5-3-6-11-22/h3-15,20H,16-19,21,34H2,1-2H3. The van der Waals surface area contributed by atoms with E-state index in [2.05, 4.69) is 29.2 Å². The molecule has 8 heteroatoms. The average molecular weight is 565 g/mol. The number of para-hydroxylation sites is 1. The normalized spacial score (nSPS) is 13.9. The third-order valence-electron chi connectivity index (χ3n) is 7.56. The maximum atomic E-state index is 13.8. The Balaban J connectivity index is 1.38. The highest BCUT2D eigenvalue weighted by Crippen LogP contribution is 2.46. The molecule has 0 saturated carbocycles. The van der Waals surface area contributed by atoms with Crippen molar-refractivity contribution in [3.63, 3.8) is 0 Å². The molecule has 3 heterocycles. The molecule has 1 aliphatic heterocycles. The van der Waals surface area contributed by atoms with E-state index in [9.17, 15) is 4.79 Å². The summed E-state index contributed by atoms with van der Waals surface area (Å²) in [7, 11) is 3.25. The van der Waals surface area contributed by atoms with Gasteiger partial charge in [0, 0.05) is 54.8 Å². The summed E-state index contributed by atoms with van der Waals surface area (Å²) in [5.41, 5.74) is 12.0. The van der Waals surface area contributed by atoms with Crippen LogP contribution in [-0.2, 0) is 6.54 Å². The smallest absolute Gasteiger partial charge is 0.266 e. The number of carbonyl (C=O) groups excluding carboxylic acids is 1. The monoisotopic (exact) mass is 564 g/mol. The summed E-state index contributed by atoms with van der Waals surface area (Å²) in [6.45, 7) is 3.81. The Morgan fingerprint density at radius 2 is 1.59 bits per heavy atom. The molecule has 3 aromatic carbocycles. The Hall–Kier alpha value is -4.40. The fourth-order valence-electron chi connectivity index (χ4n) is 5.44. The Kier molecular flexibility index (Phi) is 7.59. The quantitative estimate of drug-likeness (QED) is 0.254. The molecule has 2 aromatic heterocycles. The number of rotatable bonds is 7. The largest absolute Gasteiger partial charge is 0.493 e. The van der Waals surface area contributed by atoms with Crippen LogP contribution in [0.25, 0.3) is 32.6 Å². The number of anilines is 1. The Morgan fingerprint density at radius 1 is 0.878 bits per heavy atom. The van der Waals surface area contributed by atoms with Gasteiger partial charge in [0.05, 0.1) is 25.6 Å². The molecule has 208 valence electrons. The third kappa shape index (κ3) is 5.24. The zero-order chi connectivity index (χ0) is 28.3. The van der Waals surface area contributed by atoms with Gasteiger partial charge in [-0.3, -0.25) is 9.69 Å². The molecule has 41 heavy (non-hydrogen) atoms. The van der Waals surface area contributed by atoms with Crippen LogP contribution < -0.4 is 15.2 Å². The summed E-state index contributed by atoms with van der Waals surface area (Å²) in [5, 5.41) is 0.757. The molecule has 0 atom stereocenters. The third-order valence-corrected chi connectivity index (χ3v) is 8.65. The number of benzene rings is 3. The van der Waals surface area contributed by atoms with Crippen molar-refractivity contribution >= 4 is 33.1 Å². The number of aromatic nitrogens is 1. The van der Waals surface area contributed by atoms with Gasteiger partial charge >= 0.3 is 0 Å². The summed E-state index contributed by atoms with van der Waals surface area (Å²) >= 11 is 1.36. The Morgan fingerprint density at radius 3 is 2.27 bits per heavy atom. The number of nitrogens with zero attached hydrogens (tertiary/aromatic N) is 3. The van der Waals surface area contributed by atoms with E-state index in [4.69, 9.17) is 20.2 Å². The van der Waals surface area contributed by atoms with Gasteiger partial charge in [-0.05, 0) is 17.7 Å². The highest BCUT2D eigenvalue weighted by molar-refractivity contribution is 7.21. The maximum absolute atomic E-state index is 13.8.